The van der Waals surface area contributed by atoms with Gasteiger partial charge in [-0.05, 0) is 55.4 Å². The Morgan fingerprint density at radius 3 is 2.12 bits per heavy atom. The normalized spacial score (nSPS) is 18.2. The van der Waals surface area contributed by atoms with Crippen molar-refractivity contribution in [2.75, 3.05) is 24.5 Å². The summed E-state index contributed by atoms with van der Waals surface area (Å²) < 4.78 is 5.25. The van der Waals surface area contributed by atoms with Crippen molar-refractivity contribution in [2.45, 2.75) is 56.8 Å². The molecule has 2 aliphatic heterocycles. The van der Waals surface area contributed by atoms with Crippen molar-refractivity contribution in [1.82, 2.24) is 15.5 Å². The number of hydrogen-bond donors (Lipinski definition) is 2. The van der Waals surface area contributed by atoms with Gasteiger partial charge in [-0.15, -0.1) is 0 Å². The zero-order valence-corrected chi connectivity index (χ0v) is 23.3. The van der Waals surface area contributed by atoms with Crippen LogP contribution in [0, 0.1) is 0 Å². The quantitative estimate of drug-likeness (QED) is 0.356. The zero-order chi connectivity index (χ0) is 28.5. The number of anilines is 1. The molecule has 0 aliphatic carbocycles. The van der Waals surface area contributed by atoms with Gasteiger partial charge in [0.25, 0.3) is 0 Å². The van der Waals surface area contributed by atoms with Crippen molar-refractivity contribution in [1.29, 1.82) is 0 Å². The standard InChI is InChI=1S/C33H38N4O4/c38-30-29(18-10-11-21-34-32(40)41-25-27-14-6-2-7-15-27)35-31(39)33(37(30)24-26-12-4-1-5-13-26)19-22-36(23-20-33)28-16-8-3-9-17-28/h1-9,12-17,29H,10-11,18-25H2,(H,34,40)(H,35,39). The first-order valence-corrected chi connectivity index (χ1v) is 14.5. The zero-order valence-electron chi connectivity index (χ0n) is 23.3. The minimum absolute atomic E-state index is 0.0307. The fraction of sp³-hybridized carbons (Fsp3) is 0.364. The lowest BCUT2D eigenvalue weighted by molar-refractivity contribution is -0.160. The van der Waals surface area contributed by atoms with Crippen LogP contribution in [0.5, 0.6) is 0 Å². The van der Waals surface area contributed by atoms with Crippen molar-refractivity contribution in [2.24, 2.45) is 0 Å². The molecular formula is C33H38N4O4. The van der Waals surface area contributed by atoms with Gasteiger partial charge in [-0.1, -0.05) is 78.9 Å². The number of rotatable bonds is 10. The van der Waals surface area contributed by atoms with Gasteiger partial charge in [-0.25, -0.2) is 4.79 Å². The largest absolute Gasteiger partial charge is 0.445 e. The Kier molecular flexibility index (Phi) is 9.19. The highest BCUT2D eigenvalue weighted by atomic mass is 16.5. The molecule has 1 spiro atoms. The second-order valence-electron chi connectivity index (χ2n) is 10.8. The number of carbonyl (C=O) groups is 3. The predicted octanol–water partition coefficient (Wildman–Crippen LogP) is 4.65. The number of alkyl carbamates (subject to hydrolysis) is 1. The molecule has 3 amide bonds. The average Bonchev–Trinajstić information content (AvgIpc) is 3.02. The maximum atomic E-state index is 13.9. The summed E-state index contributed by atoms with van der Waals surface area (Å²) in [7, 11) is 0. The smallest absolute Gasteiger partial charge is 0.407 e. The highest BCUT2D eigenvalue weighted by Gasteiger charge is 2.53. The first-order chi connectivity index (χ1) is 20.0. The molecule has 2 N–H and O–H groups in total. The Bertz CT molecular complexity index is 1290. The van der Waals surface area contributed by atoms with Gasteiger partial charge in [0.15, 0.2) is 0 Å². The highest BCUT2D eigenvalue weighted by Crippen LogP contribution is 2.36. The molecule has 2 aliphatic rings. The van der Waals surface area contributed by atoms with Gasteiger partial charge in [-0.3, -0.25) is 9.59 Å². The molecule has 3 aromatic carbocycles. The summed E-state index contributed by atoms with van der Waals surface area (Å²) >= 11 is 0. The third-order valence-electron chi connectivity index (χ3n) is 8.11. The number of nitrogens with zero attached hydrogens (tertiary/aromatic N) is 2. The van der Waals surface area contributed by atoms with Crippen LogP contribution < -0.4 is 15.5 Å². The Balaban J connectivity index is 1.17. The number of piperidine rings is 1. The van der Waals surface area contributed by atoms with Crippen molar-refractivity contribution >= 4 is 23.6 Å². The number of para-hydroxylation sites is 1. The van der Waals surface area contributed by atoms with Crippen LogP contribution in [0.25, 0.3) is 0 Å². The number of benzene rings is 3. The van der Waals surface area contributed by atoms with E-state index in [0.717, 1.165) is 16.8 Å². The molecule has 214 valence electrons. The maximum absolute atomic E-state index is 13.9. The van der Waals surface area contributed by atoms with Gasteiger partial charge in [0.1, 0.15) is 18.2 Å². The molecule has 0 radical (unpaired) electrons. The van der Waals surface area contributed by atoms with Crippen molar-refractivity contribution in [3.05, 3.63) is 102 Å². The second-order valence-corrected chi connectivity index (χ2v) is 10.8. The average molecular weight is 555 g/mol. The molecule has 5 rings (SSSR count). The van der Waals surface area contributed by atoms with Crippen LogP contribution in [0.4, 0.5) is 10.5 Å². The molecule has 0 bridgehead atoms. The van der Waals surface area contributed by atoms with Crippen molar-refractivity contribution in [3.63, 3.8) is 0 Å². The number of nitrogens with one attached hydrogen (secondary N) is 2. The molecular weight excluding hydrogens is 516 g/mol. The Morgan fingerprint density at radius 2 is 1.46 bits per heavy atom. The van der Waals surface area contributed by atoms with Crippen LogP contribution in [-0.2, 0) is 27.5 Å². The van der Waals surface area contributed by atoms with E-state index in [2.05, 4.69) is 27.7 Å². The summed E-state index contributed by atoms with van der Waals surface area (Å²) in [6.07, 6.45) is 2.57. The lowest BCUT2D eigenvalue weighted by atomic mass is 9.80. The summed E-state index contributed by atoms with van der Waals surface area (Å²) in [6.45, 7) is 2.47. The lowest BCUT2D eigenvalue weighted by Gasteiger charge is -2.52. The predicted molar refractivity (Wildman–Crippen MR) is 158 cm³/mol. The number of unbranched alkanes of at least 4 members (excludes halogenated alkanes) is 1. The van der Waals surface area contributed by atoms with E-state index in [1.54, 1.807) is 0 Å². The Labute approximate surface area is 241 Å². The fourth-order valence-electron chi connectivity index (χ4n) is 5.78. The summed E-state index contributed by atoms with van der Waals surface area (Å²) in [5.74, 6) is -0.0924. The van der Waals surface area contributed by atoms with E-state index in [9.17, 15) is 14.4 Å². The number of hydrogen-bond acceptors (Lipinski definition) is 5. The van der Waals surface area contributed by atoms with E-state index >= 15 is 0 Å². The maximum Gasteiger partial charge on any atom is 0.407 e. The molecule has 3 aromatic rings. The van der Waals surface area contributed by atoms with Crippen molar-refractivity contribution in [3.8, 4) is 0 Å². The monoisotopic (exact) mass is 554 g/mol. The van der Waals surface area contributed by atoms with Gasteiger partial charge >= 0.3 is 6.09 Å². The second kappa shape index (κ2) is 13.4. The van der Waals surface area contributed by atoms with Crippen LogP contribution in [0.2, 0.25) is 0 Å². The van der Waals surface area contributed by atoms with Crippen LogP contribution in [-0.4, -0.2) is 54.0 Å². The highest BCUT2D eigenvalue weighted by molar-refractivity contribution is 6.00. The Hall–Kier alpha value is -4.33. The summed E-state index contributed by atoms with van der Waals surface area (Å²) in [5.41, 5.74) is 2.21. The molecule has 2 heterocycles. The molecule has 0 saturated carbocycles. The molecule has 0 aromatic heterocycles. The third kappa shape index (κ3) is 6.88. The van der Waals surface area contributed by atoms with E-state index < -0.39 is 17.7 Å². The van der Waals surface area contributed by atoms with Gasteiger partial charge in [0.2, 0.25) is 11.8 Å². The van der Waals surface area contributed by atoms with E-state index in [1.165, 1.54) is 0 Å². The van der Waals surface area contributed by atoms with Crippen LogP contribution >= 0.6 is 0 Å². The summed E-state index contributed by atoms with van der Waals surface area (Å²) in [4.78, 5) is 43.8. The number of ether oxygens (including phenoxy) is 1. The molecule has 2 fully saturated rings. The molecule has 8 heteroatoms. The van der Waals surface area contributed by atoms with Crippen LogP contribution in [0.1, 0.15) is 43.2 Å². The Morgan fingerprint density at radius 1 is 0.854 bits per heavy atom. The number of piperazine rings is 1. The van der Waals surface area contributed by atoms with E-state index in [1.807, 2.05) is 83.8 Å². The first-order valence-electron chi connectivity index (χ1n) is 14.5. The molecule has 1 unspecified atom stereocenters. The van der Waals surface area contributed by atoms with Gasteiger partial charge < -0.3 is 25.2 Å². The molecule has 41 heavy (non-hydrogen) atoms. The SMILES string of the molecule is O=C(NCCCCC1NC(=O)C2(CCN(c3ccccc3)CC2)N(Cc2ccccc2)C1=O)OCc1ccccc1. The van der Waals surface area contributed by atoms with Gasteiger partial charge in [0.05, 0.1) is 0 Å². The van der Waals surface area contributed by atoms with Crippen LogP contribution in [0.15, 0.2) is 91.0 Å². The lowest BCUT2D eigenvalue weighted by Crippen LogP contribution is -2.72. The molecule has 2 saturated heterocycles. The van der Waals surface area contributed by atoms with E-state index in [-0.39, 0.29) is 18.4 Å². The topological polar surface area (TPSA) is 91.0 Å². The summed E-state index contributed by atoms with van der Waals surface area (Å²) in [6, 6.07) is 29.0. The van der Waals surface area contributed by atoms with Crippen LogP contribution in [0.3, 0.4) is 0 Å². The fourth-order valence-corrected chi connectivity index (χ4v) is 5.78. The number of amides is 3. The minimum Gasteiger partial charge on any atom is -0.445 e. The third-order valence-corrected chi connectivity index (χ3v) is 8.11. The van der Waals surface area contributed by atoms with Gasteiger partial charge in [-0.2, -0.15) is 0 Å². The van der Waals surface area contributed by atoms with Crippen molar-refractivity contribution < 1.29 is 19.1 Å². The minimum atomic E-state index is -0.862. The van der Waals surface area contributed by atoms with E-state index in [4.69, 9.17) is 4.74 Å². The molecule has 1 atom stereocenters. The molecule has 8 nitrogen and oxygen atoms in total. The number of carbonyl (C=O) groups excluding carboxylic acids is 3. The summed E-state index contributed by atoms with van der Waals surface area (Å²) in [5, 5.41) is 5.84. The van der Waals surface area contributed by atoms with Gasteiger partial charge in [0, 0.05) is 31.9 Å². The van der Waals surface area contributed by atoms with E-state index in [0.29, 0.717) is 58.3 Å². The first kappa shape index (κ1) is 28.2.